The lowest BCUT2D eigenvalue weighted by Gasteiger charge is -2.18. The van der Waals surface area contributed by atoms with Gasteiger partial charge in [-0.2, -0.15) is 0 Å². The fourth-order valence-electron chi connectivity index (χ4n) is 2.70. The summed E-state index contributed by atoms with van der Waals surface area (Å²) in [5.74, 6) is -0.767. The van der Waals surface area contributed by atoms with Gasteiger partial charge in [0.15, 0.2) is 6.61 Å². The highest BCUT2D eigenvalue weighted by Gasteiger charge is 2.34. The van der Waals surface area contributed by atoms with Gasteiger partial charge in [0.05, 0.1) is 12.0 Å². The first-order valence-electron chi connectivity index (χ1n) is 9.25. The largest absolute Gasteiger partial charge is 0.497 e. The molecule has 0 aliphatic carbocycles. The van der Waals surface area contributed by atoms with E-state index in [1.807, 2.05) is 18.2 Å². The number of thioether (sulfide) groups is 1. The average molecular weight is 457 g/mol. The number of thiocarbonyl (C=S) groups is 1. The van der Waals surface area contributed by atoms with Crippen LogP contribution in [0.5, 0.6) is 5.75 Å². The number of benzene rings is 2. The topological polar surface area (TPSA) is 76.2 Å². The molecule has 160 valence electrons. The first-order valence-corrected chi connectivity index (χ1v) is 10.5. The number of likely N-dealkylation sites (N-methyl/N-ethyl adjacent to an activating group) is 1. The number of esters is 1. The quantitative estimate of drug-likeness (QED) is 0.360. The maximum absolute atomic E-state index is 12.7. The molecule has 0 atom stereocenters. The van der Waals surface area contributed by atoms with Gasteiger partial charge in [0.1, 0.15) is 16.6 Å². The third-order valence-electron chi connectivity index (χ3n) is 4.45. The number of nitrogens with zero attached hydrogens (tertiary/aromatic N) is 2. The molecule has 31 heavy (non-hydrogen) atoms. The molecule has 1 heterocycles. The third kappa shape index (κ3) is 5.71. The van der Waals surface area contributed by atoms with Crippen LogP contribution in [-0.2, 0) is 19.1 Å². The lowest BCUT2D eigenvalue weighted by atomic mass is 10.2. The van der Waals surface area contributed by atoms with Gasteiger partial charge in [0, 0.05) is 12.7 Å². The van der Waals surface area contributed by atoms with E-state index < -0.39 is 12.6 Å². The molecule has 7 nitrogen and oxygen atoms in total. The summed E-state index contributed by atoms with van der Waals surface area (Å²) in [5, 5.41) is 0. The van der Waals surface area contributed by atoms with Crippen molar-refractivity contribution in [1.29, 1.82) is 0 Å². The molecule has 2 aromatic carbocycles. The van der Waals surface area contributed by atoms with Crippen molar-refractivity contribution < 1.29 is 23.9 Å². The number of carbonyl (C=O) groups excluding carboxylic acids is 3. The van der Waals surface area contributed by atoms with Gasteiger partial charge in [0.2, 0.25) is 0 Å². The number of methoxy groups -OCH3 is 1. The van der Waals surface area contributed by atoms with Gasteiger partial charge in [-0.1, -0.05) is 54.3 Å². The lowest BCUT2D eigenvalue weighted by Crippen LogP contribution is -2.36. The van der Waals surface area contributed by atoms with Crippen molar-refractivity contribution in [3.05, 3.63) is 65.1 Å². The maximum Gasteiger partial charge on any atom is 0.326 e. The highest BCUT2D eigenvalue weighted by atomic mass is 32.2. The van der Waals surface area contributed by atoms with Gasteiger partial charge in [-0.3, -0.25) is 19.3 Å². The van der Waals surface area contributed by atoms with E-state index in [-0.39, 0.29) is 22.7 Å². The number of hydrogen-bond donors (Lipinski definition) is 0. The number of ether oxygens (including phenoxy) is 2. The van der Waals surface area contributed by atoms with Gasteiger partial charge in [0.25, 0.3) is 11.8 Å². The van der Waals surface area contributed by atoms with Crippen LogP contribution in [0, 0.1) is 0 Å². The SMILES string of the molecule is COc1ccc(/C=C2\SC(=S)N(CC(=O)OCC(=O)N(C)c3ccccc3)C2=O)cc1. The summed E-state index contributed by atoms with van der Waals surface area (Å²) in [6.07, 6.45) is 1.70. The predicted molar refractivity (Wildman–Crippen MR) is 124 cm³/mol. The van der Waals surface area contributed by atoms with Crippen LogP contribution in [0.1, 0.15) is 5.56 Å². The number of amides is 2. The Morgan fingerprint density at radius 2 is 1.81 bits per heavy atom. The van der Waals surface area contributed by atoms with Crippen LogP contribution in [0.2, 0.25) is 0 Å². The minimum Gasteiger partial charge on any atom is -0.497 e. The molecule has 0 radical (unpaired) electrons. The molecule has 1 aliphatic heterocycles. The number of hydrogen-bond acceptors (Lipinski definition) is 7. The van der Waals surface area contributed by atoms with Gasteiger partial charge in [-0.15, -0.1) is 0 Å². The molecule has 0 unspecified atom stereocenters. The Morgan fingerprint density at radius 3 is 2.45 bits per heavy atom. The zero-order valence-electron chi connectivity index (χ0n) is 16.9. The standard InChI is InChI=1S/C22H20N2O5S2/c1-23(16-6-4-3-5-7-16)19(25)14-29-20(26)13-24-21(27)18(31-22(24)30)12-15-8-10-17(28-2)11-9-15/h3-12H,13-14H2,1-2H3/b18-12-. The fraction of sp³-hybridized carbons (Fsp3) is 0.182. The second-order valence-electron chi connectivity index (χ2n) is 6.49. The normalized spacial score (nSPS) is 14.6. The number of rotatable bonds is 7. The Bertz CT molecular complexity index is 1020. The second kappa shape index (κ2) is 10.2. The van der Waals surface area contributed by atoms with Gasteiger partial charge < -0.3 is 14.4 Å². The smallest absolute Gasteiger partial charge is 0.326 e. The zero-order valence-corrected chi connectivity index (χ0v) is 18.6. The monoisotopic (exact) mass is 456 g/mol. The van der Waals surface area contributed by atoms with Crippen LogP contribution in [0.3, 0.4) is 0 Å². The first-order chi connectivity index (χ1) is 14.9. The fourth-order valence-corrected chi connectivity index (χ4v) is 3.95. The summed E-state index contributed by atoms with van der Waals surface area (Å²) < 4.78 is 10.4. The minimum absolute atomic E-state index is 0.259. The van der Waals surface area contributed by atoms with Crippen molar-refractivity contribution in [2.45, 2.75) is 0 Å². The number of anilines is 1. The summed E-state index contributed by atoms with van der Waals surface area (Å²) >= 11 is 6.34. The van der Waals surface area contributed by atoms with Crippen LogP contribution < -0.4 is 9.64 Å². The summed E-state index contributed by atoms with van der Waals surface area (Å²) in [6.45, 7) is -0.784. The third-order valence-corrected chi connectivity index (χ3v) is 5.83. The van der Waals surface area contributed by atoms with E-state index in [1.165, 1.54) is 9.80 Å². The van der Waals surface area contributed by atoms with Crippen molar-refractivity contribution in [2.24, 2.45) is 0 Å². The Balaban J connectivity index is 1.56. The molecule has 0 bridgehead atoms. The van der Waals surface area contributed by atoms with E-state index in [0.717, 1.165) is 17.3 Å². The van der Waals surface area contributed by atoms with Crippen LogP contribution in [-0.4, -0.2) is 54.3 Å². The highest BCUT2D eigenvalue weighted by molar-refractivity contribution is 8.26. The molecule has 2 aromatic rings. The molecular weight excluding hydrogens is 436 g/mol. The predicted octanol–water partition coefficient (Wildman–Crippen LogP) is 3.10. The van der Waals surface area contributed by atoms with Crippen molar-refractivity contribution in [3.63, 3.8) is 0 Å². The summed E-state index contributed by atoms with van der Waals surface area (Å²) in [6, 6.07) is 16.2. The Kier molecular flexibility index (Phi) is 7.43. The molecular formula is C22H20N2O5S2. The maximum atomic E-state index is 12.7. The van der Waals surface area contributed by atoms with Gasteiger partial charge >= 0.3 is 5.97 Å². The summed E-state index contributed by atoms with van der Waals surface area (Å²) in [7, 11) is 3.17. The minimum atomic E-state index is -0.711. The number of carbonyl (C=O) groups is 3. The molecule has 1 aliphatic rings. The Hall–Kier alpha value is -3.17. The number of para-hydroxylation sites is 1. The molecule has 2 amide bonds. The van der Waals surface area contributed by atoms with E-state index >= 15 is 0 Å². The Labute approximate surface area is 189 Å². The first kappa shape index (κ1) is 22.5. The van der Waals surface area contributed by atoms with Crippen molar-refractivity contribution >= 4 is 57.8 Å². The molecule has 0 aromatic heterocycles. The average Bonchev–Trinajstić information content (AvgIpc) is 3.05. The molecule has 0 N–H and O–H groups in total. The van der Waals surface area contributed by atoms with E-state index in [9.17, 15) is 14.4 Å². The van der Waals surface area contributed by atoms with Crippen LogP contribution in [0.4, 0.5) is 5.69 Å². The summed E-state index contributed by atoms with van der Waals surface area (Å²) in [4.78, 5) is 40.1. The molecule has 3 rings (SSSR count). The molecule has 1 saturated heterocycles. The van der Waals surface area contributed by atoms with Crippen LogP contribution in [0.25, 0.3) is 6.08 Å². The van der Waals surface area contributed by atoms with Gasteiger partial charge in [-0.25, -0.2) is 0 Å². The van der Waals surface area contributed by atoms with Crippen molar-refractivity contribution in [3.8, 4) is 5.75 Å². The van der Waals surface area contributed by atoms with Crippen molar-refractivity contribution in [1.82, 2.24) is 4.90 Å². The van der Waals surface area contributed by atoms with E-state index in [2.05, 4.69) is 0 Å². The molecule has 0 saturated carbocycles. The van der Waals surface area contributed by atoms with Crippen LogP contribution in [0.15, 0.2) is 59.5 Å². The zero-order chi connectivity index (χ0) is 22.4. The van der Waals surface area contributed by atoms with Crippen molar-refractivity contribution in [2.75, 3.05) is 32.2 Å². The van der Waals surface area contributed by atoms with E-state index in [0.29, 0.717) is 16.3 Å². The summed E-state index contributed by atoms with van der Waals surface area (Å²) in [5.41, 5.74) is 1.49. The highest BCUT2D eigenvalue weighted by Crippen LogP contribution is 2.32. The second-order valence-corrected chi connectivity index (χ2v) is 8.17. The van der Waals surface area contributed by atoms with E-state index in [4.69, 9.17) is 21.7 Å². The molecule has 0 spiro atoms. The van der Waals surface area contributed by atoms with E-state index in [1.54, 1.807) is 56.6 Å². The lowest BCUT2D eigenvalue weighted by molar-refractivity contribution is -0.149. The molecule has 1 fully saturated rings. The molecule has 9 heteroatoms. The van der Waals surface area contributed by atoms with Crippen LogP contribution >= 0.6 is 24.0 Å². The Morgan fingerprint density at radius 1 is 1.13 bits per heavy atom. The van der Waals surface area contributed by atoms with Gasteiger partial charge in [-0.05, 0) is 35.9 Å².